The largest absolute Gasteiger partial charge is 0.395 e. The molecular formula is C18H25NO. The molecule has 0 saturated heterocycles. The van der Waals surface area contributed by atoms with Crippen LogP contribution in [0.4, 0.5) is 0 Å². The van der Waals surface area contributed by atoms with Crippen molar-refractivity contribution < 1.29 is 5.11 Å². The fourth-order valence-corrected chi connectivity index (χ4v) is 3.97. The number of hydrogen-bond acceptors (Lipinski definition) is 2. The van der Waals surface area contributed by atoms with Crippen molar-refractivity contribution in [2.24, 2.45) is 17.8 Å². The zero-order valence-electron chi connectivity index (χ0n) is 12.2. The lowest BCUT2D eigenvalue weighted by molar-refractivity contribution is 0.210. The van der Waals surface area contributed by atoms with Gasteiger partial charge in [-0.2, -0.15) is 0 Å². The van der Waals surface area contributed by atoms with Gasteiger partial charge in [0.25, 0.3) is 0 Å². The Bertz CT molecular complexity index is 456. The molecule has 0 heterocycles. The molecule has 0 aliphatic heterocycles. The number of nitrogens with one attached hydrogen (secondary N) is 1. The standard InChI is InChI=1S/C18H25NO/c1-13(18-11-15-7-8-16(18)9-15)19-17(12-20)10-14-5-3-2-4-6-14/h2-8,13,15-20H,9-12H2,1H3/t13?,15?,16?,17-,18?/m0/s1. The molecular weight excluding hydrogens is 246 g/mol. The van der Waals surface area contributed by atoms with Crippen molar-refractivity contribution in [3.63, 3.8) is 0 Å². The molecule has 1 aromatic carbocycles. The van der Waals surface area contributed by atoms with Crippen LogP contribution < -0.4 is 5.32 Å². The van der Waals surface area contributed by atoms with Crippen molar-refractivity contribution in [2.45, 2.75) is 38.3 Å². The monoisotopic (exact) mass is 271 g/mol. The van der Waals surface area contributed by atoms with Gasteiger partial charge in [-0.15, -0.1) is 0 Å². The maximum absolute atomic E-state index is 9.63. The van der Waals surface area contributed by atoms with Gasteiger partial charge in [0.2, 0.25) is 0 Å². The van der Waals surface area contributed by atoms with Crippen molar-refractivity contribution in [1.82, 2.24) is 5.32 Å². The zero-order chi connectivity index (χ0) is 13.9. The van der Waals surface area contributed by atoms with Crippen molar-refractivity contribution >= 4 is 0 Å². The van der Waals surface area contributed by atoms with Crippen molar-refractivity contribution in [3.05, 3.63) is 48.0 Å². The summed E-state index contributed by atoms with van der Waals surface area (Å²) in [6, 6.07) is 11.1. The predicted molar refractivity (Wildman–Crippen MR) is 82.5 cm³/mol. The Balaban J connectivity index is 1.56. The van der Waals surface area contributed by atoms with Gasteiger partial charge in [-0.3, -0.25) is 0 Å². The number of hydrogen-bond donors (Lipinski definition) is 2. The molecule has 1 fully saturated rings. The fraction of sp³-hybridized carbons (Fsp3) is 0.556. The number of allylic oxidation sites excluding steroid dienone is 2. The second-order valence-electron chi connectivity index (χ2n) is 6.47. The minimum atomic E-state index is 0.163. The third-order valence-corrected chi connectivity index (χ3v) is 5.02. The average Bonchev–Trinajstić information content (AvgIpc) is 3.10. The molecule has 2 nitrogen and oxygen atoms in total. The smallest absolute Gasteiger partial charge is 0.0587 e. The summed E-state index contributed by atoms with van der Waals surface area (Å²) >= 11 is 0. The first kappa shape index (κ1) is 13.8. The van der Waals surface area contributed by atoms with E-state index in [1.54, 1.807) is 0 Å². The van der Waals surface area contributed by atoms with Gasteiger partial charge in [-0.1, -0.05) is 42.5 Å². The van der Waals surface area contributed by atoms with E-state index in [0.717, 1.165) is 24.2 Å². The zero-order valence-corrected chi connectivity index (χ0v) is 12.2. The molecule has 2 aliphatic rings. The molecule has 108 valence electrons. The Morgan fingerprint density at radius 2 is 2.00 bits per heavy atom. The van der Waals surface area contributed by atoms with Crippen molar-refractivity contribution in [2.75, 3.05) is 6.61 Å². The number of aliphatic hydroxyl groups is 1. The lowest BCUT2D eigenvalue weighted by Gasteiger charge is -2.30. The molecule has 1 saturated carbocycles. The van der Waals surface area contributed by atoms with Crippen LogP contribution >= 0.6 is 0 Å². The Morgan fingerprint density at radius 3 is 2.60 bits per heavy atom. The van der Waals surface area contributed by atoms with Gasteiger partial charge >= 0.3 is 0 Å². The number of fused-ring (bicyclic) bond motifs is 2. The molecule has 1 aromatic rings. The van der Waals surface area contributed by atoms with E-state index in [1.165, 1.54) is 18.4 Å². The number of rotatable bonds is 6. The van der Waals surface area contributed by atoms with Crippen LogP contribution in [0.25, 0.3) is 0 Å². The summed E-state index contributed by atoms with van der Waals surface area (Å²) in [4.78, 5) is 0. The molecule has 2 N–H and O–H groups in total. The van der Waals surface area contributed by atoms with Crippen LogP contribution in [0.5, 0.6) is 0 Å². The van der Waals surface area contributed by atoms with Gasteiger partial charge in [0.15, 0.2) is 0 Å². The highest BCUT2D eigenvalue weighted by Crippen LogP contribution is 2.44. The molecule has 0 spiro atoms. The van der Waals surface area contributed by atoms with E-state index >= 15 is 0 Å². The second-order valence-corrected chi connectivity index (χ2v) is 6.47. The second kappa shape index (κ2) is 6.11. The van der Waals surface area contributed by atoms with Gasteiger partial charge in [-0.05, 0) is 49.5 Å². The average molecular weight is 271 g/mol. The maximum atomic E-state index is 9.63. The van der Waals surface area contributed by atoms with Crippen molar-refractivity contribution in [1.29, 1.82) is 0 Å². The lowest BCUT2D eigenvalue weighted by atomic mass is 9.87. The van der Waals surface area contributed by atoms with Gasteiger partial charge in [0.1, 0.15) is 0 Å². The molecule has 0 amide bonds. The minimum absolute atomic E-state index is 0.163. The molecule has 4 unspecified atom stereocenters. The maximum Gasteiger partial charge on any atom is 0.0587 e. The van der Waals surface area contributed by atoms with E-state index in [1.807, 2.05) is 6.07 Å². The van der Waals surface area contributed by atoms with E-state index in [0.29, 0.717) is 6.04 Å². The Kier molecular flexibility index (Phi) is 4.23. The highest BCUT2D eigenvalue weighted by atomic mass is 16.3. The van der Waals surface area contributed by atoms with Crippen LogP contribution in [-0.2, 0) is 6.42 Å². The van der Waals surface area contributed by atoms with Gasteiger partial charge in [0.05, 0.1) is 6.61 Å². The third-order valence-electron chi connectivity index (χ3n) is 5.02. The summed E-state index contributed by atoms with van der Waals surface area (Å²) < 4.78 is 0. The third kappa shape index (κ3) is 2.97. The van der Waals surface area contributed by atoms with E-state index < -0.39 is 0 Å². The van der Waals surface area contributed by atoms with Gasteiger partial charge in [0, 0.05) is 12.1 Å². The summed E-state index contributed by atoms with van der Waals surface area (Å²) in [5, 5.41) is 13.3. The van der Waals surface area contributed by atoms with Crippen LogP contribution in [0.15, 0.2) is 42.5 Å². The lowest BCUT2D eigenvalue weighted by Crippen LogP contribution is -2.45. The normalized spacial score (nSPS) is 30.6. The summed E-state index contributed by atoms with van der Waals surface area (Å²) in [6.45, 7) is 2.49. The molecule has 2 heteroatoms. The van der Waals surface area contributed by atoms with Crippen LogP contribution in [-0.4, -0.2) is 23.8 Å². The summed E-state index contributed by atoms with van der Waals surface area (Å²) in [6.07, 6.45) is 8.36. The minimum Gasteiger partial charge on any atom is -0.395 e. The molecule has 0 aromatic heterocycles. The highest BCUT2D eigenvalue weighted by molar-refractivity contribution is 5.16. The Morgan fingerprint density at radius 1 is 1.20 bits per heavy atom. The van der Waals surface area contributed by atoms with Crippen LogP contribution in [0.2, 0.25) is 0 Å². The Hall–Kier alpha value is -1.12. The van der Waals surface area contributed by atoms with E-state index in [9.17, 15) is 5.11 Å². The van der Waals surface area contributed by atoms with E-state index in [4.69, 9.17) is 0 Å². The highest BCUT2D eigenvalue weighted by Gasteiger charge is 2.38. The molecule has 5 atom stereocenters. The van der Waals surface area contributed by atoms with Crippen LogP contribution in [0.3, 0.4) is 0 Å². The van der Waals surface area contributed by atoms with Crippen LogP contribution in [0.1, 0.15) is 25.3 Å². The molecule has 20 heavy (non-hydrogen) atoms. The van der Waals surface area contributed by atoms with Gasteiger partial charge in [-0.25, -0.2) is 0 Å². The Labute approximate surface area is 121 Å². The predicted octanol–water partition coefficient (Wildman–Crippen LogP) is 2.78. The van der Waals surface area contributed by atoms with E-state index in [-0.39, 0.29) is 12.6 Å². The first-order valence-corrected chi connectivity index (χ1v) is 7.85. The molecule has 3 rings (SSSR count). The molecule has 0 radical (unpaired) electrons. The molecule has 2 bridgehead atoms. The molecule has 2 aliphatic carbocycles. The number of benzene rings is 1. The van der Waals surface area contributed by atoms with Gasteiger partial charge < -0.3 is 10.4 Å². The summed E-state index contributed by atoms with van der Waals surface area (Å²) in [7, 11) is 0. The van der Waals surface area contributed by atoms with E-state index in [2.05, 4.69) is 48.7 Å². The fourth-order valence-electron chi connectivity index (χ4n) is 3.97. The van der Waals surface area contributed by atoms with Crippen molar-refractivity contribution in [3.8, 4) is 0 Å². The first-order chi connectivity index (χ1) is 9.76. The first-order valence-electron chi connectivity index (χ1n) is 7.85. The SMILES string of the molecule is CC(N[C@H](CO)Cc1ccccc1)C1CC2C=CC1C2. The summed E-state index contributed by atoms with van der Waals surface area (Å²) in [5.74, 6) is 2.32. The topological polar surface area (TPSA) is 32.3 Å². The summed E-state index contributed by atoms with van der Waals surface area (Å²) in [5.41, 5.74) is 1.29. The number of aliphatic hydroxyl groups excluding tert-OH is 1. The van der Waals surface area contributed by atoms with Crippen LogP contribution in [0, 0.1) is 17.8 Å². The quantitative estimate of drug-likeness (QED) is 0.780.